The van der Waals surface area contributed by atoms with Gasteiger partial charge in [0.25, 0.3) is 0 Å². The monoisotopic (exact) mass is 336 g/mol. The number of Topliss-reactive ketones (excluding diaryl/α,β-unsaturated/α-hetero) is 1. The molecule has 0 fully saturated rings. The van der Waals surface area contributed by atoms with Gasteiger partial charge >= 0.3 is 5.97 Å². The molecule has 25 heavy (non-hydrogen) atoms. The number of esters is 1. The SMILES string of the molecule is COc1ccccc1C(=O)COC(=O)c1cc(-c2ccccc2)n[nH]1. The van der Waals surface area contributed by atoms with Gasteiger partial charge in [-0.25, -0.2) is 4.79 Å². The fourth-order valence-corrected chi connectivity index (χ4v) is 2.34. The Balaban J connectivity index is 1.65. The average Bonchev–Trinajstić information content (AvgIpc) is 3.17. The van der Waals surface area contributed by atoms with Crippen molar-refractivity contribution in [3.63, 3.8) is 0 Å². The molecular weight excluding hydrogens is 320 g/mol. The number of methoxy groups -OCH3 is 1. The Kier molecular flexibility index (Phi) is 4.89. The molecule has 2 aromatic carbocycles. The van der Waals surface area contributed by atoms with Crippen molar-refractivity contribution >= 4 is 11.8 Å². The highest BCUT2D eigenvalue weighted by molar-refractivity contribution is 6.01. The van der Waals surface area contributed by atoms with Gasteiger partial charge in [0.2, 0.25) is 5.78 Å². The molecule has 0 bridgehead atoms. The zero-order chi connectivity index (χ0) is 17.6. The number of hydrogen-bond donors (Lipinski definition) is 1. The number of nitrogens with one attached hydrogen (secondary N) is 1. The van der Waals surface area contributed by atoms with Crippen LogP contribution >= 0.6 is 0 Å². The van der Waals surface area contributed by atoms with Crippen molar-refractivity contribution in [3.05, 3.63) is 71.9 Å². The van der Waals surface area contributed by atoms with Gasteiger partial charge in [-0.2, -0.15) is 5.10 Å². The molecule has 1 aromatic heterocycles. The maximum atomic E-state index is 12.2. The Hall–Kier alpha value is -3.41. The Labute approximate surface area is 144 Å². The summed E-state index contributed by atoms with van der Waals surface area (Å²) in [6, 6.07) is 17.8. The highest BCUT2D eigenvalue weighted by Gasteiger charge is 2.17. The molecule has 0 saturated carbocycles. The number of benzene rings is 2. The molecule has 1 heterocycles. The molecule has 3 rings (SSSR count). The van der Waals surface area contributed by atoms with Crippen molar-refractivity contribution < 1.29 is 19.1 Å². The first kappa shape index (κ1) is 16.4. The van der Waals surface area contributed by atoms with Crippen molar-refractivity contribution in [1.82, 2.24) is 10.2 Å². The van der Waals surface area contributed by atoms with Crippen LogP contribution in [-0.4, -0.2) is 35.7 Å². The average molecular weight is 336 g/mol. The topological polar surface area (TPSA) is 81.3 Å². The van der Waals surface area contributed by atoms with Gasteiger partial charge in [-0.3, -0.25) is 9.89 Å². The number of nitrogens with zero attached hydrogens (tertiary/aromatic N) is 1. The largest absolute Gasteiger partial charge is 0.496 e. The van der Waals surface area contributed by atoms with E-state index in [2.05, 4.69) is 10.2 Å². The number of ether oxygens (including phenoxy) is 2. The minimum absolute atomic E-state index is 0.187. The molecule has 0 radical (unpaired) electrons. The van der Waals surface area contributed by atoms with E-state index in [0.29, 0.717) is 17.0 Å². The smallest absolute Gasteiger partial charge is 0.356 e. The second-order valence-corrected chi connectivity index (χ2v) is 5.23. The second-order valence-electron chi connectivity index (χ2n) is 5.23. The molecule has 0 saturated heterocycles. The number of hydrogen-bond acceptors (Lipinski definition) is 5. The lowest BCUT2D eigenvalue weighted by molar-refractivity contribution is 0.0468. The lowest BCUT2D eigenvalue weighted by atomic mass is 10.1. The van der Waals surface area contributed by atoms with Gasteiger partial charge < -0.3 is 9.47 Å². The second kappa shape index (κ2) is 7.44. The molecule has 6 nitrogen and oxygen atoms in total. The molecule has 3 aromatic rings. The first-order chi connectivity index (χ1) is 12.2. The normalized spacial score (nSPS) is 10.3. The predicted molar refractivity (Wildman–Crippen MR) is 91.6 cm³/mol. The molecule has 1 N–H and O–H groups in total. The van der Waals surface area contributed by atoms with Gasteiger partial charge in [0.05, 0.1) is 18.4 Å². The van der Waals surface area contributed by atoms with E-state index < -0.39 is 5.97 Å². The number of carbonyl (C=O) groups is 2. The fourth-order valence-electron chi connectivity index (χ4n) is 2.34. The van der Waals surface area contributed by atoms with Crippen LogP contribution in [0.15, 0.2) is 60.7 Å². The summed E-state index contributed by atoms with van der Waals surface area (Å²) in [7, 11) is 1.48. The number of para-hydroxylation sites is 1. The summed E-state index contributed by atoms with van der Waals surface area (Å²) in [6.07, 6.45) is 0. The lowest BCUT2D eigenvalue weighted by Gasteiger charge is -2.07. The Morgan fingerprint density at radius 1 is 1.04 bits per heavy atom. The zero-order valence-electron chi connectivity index (χ0n) is 13.6. The summed E-state index contributed by atoms with van der Waals surface area (Å²) in [4.78, 5) is 24.3. The van der Waals surface area contributed by atoms with Crippen LogP contribution in [0.1, 0.15) is 20.8 Å². The molecule has 0 unspecified atom stereocenters. The first-order valence-corrected chi connectivity index (χ1v) is 7.63. The summed E-state index contributed by atoms with van der Waals surface area (Å²) < 4.78 is 10.2. The molecule has 0 amide bonds. The van der Waals surface area contributed by atoms with Crippen LogP contribution in [-0.2, 0) is 4.74 Å². The van der Waals surface area contributed by atoms with E-state index in [1.165, 1.54) is 7.11 Å². The fraction of sp³-hybridized carbons (Fsp3) is 0.105. The summed E-state index contributed by atoms with van der Waals surface area (Å²) in [5, 5.41) is 6.72. The molecular formula is C19H16N2O4. The van der Waals surface area contributed by atoms with Crippen LogP contribution in [0.5, 0.6) is 5.75 Å². The molecule has 0 aliphatic heterocycles. The van der Waals surface area contributed by atoms with Gasteiger partial charge in [-0.15, -0.1) is 0 Å². The van der Waals surface area contributed by atoms with E-state index in [1.54, 1.807) is 30.3 Å². The highest BCUT2D eigenvalue weighted by Crippen LogP contribution is 2.19. The standard InChI is InChI=1S/C19H16N2O4/c1-24-18-10-6-5-9-14(18)17(22)12-25-19(23)16-11-15(20-21-16)13-7-3-2-4-8-13/h2-11H,12H2,1H3,(H,20,21). The van der Waals surface area contributed by atoms with Crippen LogP contribution in [0.3, 0.4) is 0 Å². The highest BCUT2D eigenvalue weighted by atomic mass is 16.5. The molecule has 6 heteroatoms. The Morgan fingerprint density at radius 2 is 1.76 bits per heavy atom. The molecule has 0 aliphatic carbocycles. The third-order valence-corrected chi connectivity index (χ3v) is 3.61. The number of ketones is 1. The minimum Gasteiger partial charge on any atom is -0.496 e. The molecule has 0 atom stereocenters. The summed E-state index contributed by atoms with van der Waals surface area (Å²) in [6.45, 7) is -0.376. The summed E-state index contributed by atoms with van der Waals surface area (Å²) in [5.74, 6) is -0.539. The zero-order valence-corrected chi connectivity index (χ0v) is 13.6. The van der Waals surface area contributed by atoms with Crippen molar-refractivity contribution in [3.8, 4) is 17.0 Å². The van der Waals surface area contributed by atoms with Crippen molar-refractivity contribution in [2.75, 3.05) is 13.7 Å². The minimum atomic E-state index is -0.641. The predicted octanol–water partition coefficient (Wildman–Crippen LogP) is 3.13. The maximum Gasteiger partial charge on any atom is 0.356 e. The van der Waals surface area contributed by atoms with E-state index in [0.717, 1.165) is 5.56 Å². The van der Waals surface area contributed by atoms with E-state index in [1.807, 2.05) is 30.3 Å². The number of carbonyl (C=O) groups excluding carboxylic acids is 2. The third kappa shape index (κ3) is 3.74. The number of rotatable bonds is 6. The molecule has 0 spiro atoms. The van der Waals surface area contributed by atoms with Gasteiger partial charge in [-0.05, 0) is 18.2 Å². The maximum absolute atomic E-state index is 12.2. The Bertz CT molecular complexity index is 887. The van der Waals surface area contributed by atoms with Crippen LogP contribution in [0.2, 0.25) is 0 Å². The Morgan fingerprint density at radius 3 is 2.52 bits per heavy atom. The van der Waals surface area contributed by atoms with Crippen LogP contribution in [0, 0.1) is 0 Å². The van der Waals surface area contributed by atoms with Gasteiger partial charge in [0, 0.05) is 5.56 Å². The molecule has 126 valence electrons. The number of aromatic amines is 1. The van der Waals surface area contributed by atoms with Crippen molar-refractivity contribution in [1.29, 1.82) is 0 Å². The van der Waals surface area contributed by atoms with Crippen LogP contribution in [0.4, 0.5) is 0 Å². The van der Waals surface area contributed by atoms with Gasteiger partial charge in [0.15, 0.2) is 6.61 Å². The van der Waals surface area contributed by atoms with Crippen molar-refractivity contribution in [2.24, 2.45) is 0 Å². The van der Waals surface area contributed by atoms with E-state index >= 15 is 0 Å². The summed E-state index contributed by atoms with van der Waals surface area (Å²) >= 11 is 0. The van der Waals surface area contributed by atoms with Crippen LogP contribution < -0.4 is 4.74 Å². The van der Waals surface area contributed by atoms with Gasteiger partial charge in [0.1, 0.15) is 11.4 Å². The third-order valence-electron chi connectivity index (χ3n) is 3.61. The lowest BCUT2D eigenvalue weighted by Crippen LogP contribution is -2.15. The van der Waals surface area contributed by atoms with Crippen LogP contribution in [0.25, 0.3) is 11.3 Å². The van der Waals surface area contributed by atoms with Gasteiger partial charge in [-0.1, -0.05) is 42.5 Å². The molecule has 0 aliphatic rings. The number of aromatic nitrogens is 2. The van der Waals surface area contributed by atoms with E-state index in [4.69, 9.17) is 9.47 Å². The number of H-pyrrole nitrogens is 1. The van der Waals surface area contributed by atoms with E-state index in [9.17, 15) is 9.59 Å². The summed E-state index contributed by atoms with van der Waals surface area (Å²) in [5.41, 5.74) is 2.06. The van der Waals surface area contributed by atoms with Crippen molar-refractivity contribution in [2.45, 2.75) is 0 Å². The quantitative estimate of drug-likeness (QED) is 0.552. The van der Waals surface area contributed by atoms with E-state index in [-0.39, 0.29) is 18.1 Å². The first-order valence-electron chi connectivity index (χ1n) is 7.63.